The van der Waals surface area contributed by atoms with E-state index < -0.39 is 11.6 Å². The van der Waals surface area contributed by atoms with Gasteiger partial charge in [-0.15, -0.1) is 0 Å². The van der Waals surface area contributed by atoms with Crippen molar-refractivity contribution < 1.29 is 19.1 Å². The lowest BCUT2D eigenvalue weighted by atomic mass is 9.98. The summed E-state index contributed by atoms with van der Waals surface area (Å²) in [5, 5.41) is 2.65. The van der Waals surface area contributed by atoms with Crippen molar-refractivity contribution >= 4 is 17.6 Å². The van der Waals surface area contributed by atoms with Crippen LogP contribution in [0.2, 0.25) is 0 Å². The predicted molar refractivity (Wildman–Crippen MR) is 99.2 cm³/mol. The second-order valence-electron chi connectivity index (χ2n) is 7.51. The minimum Gasteiger partial charge on any atom is -0.493 e. The highest BCUT2D eigenvalue weighted by Gasteiger charge is 2.45. The molecule has 0 spiro atoms. The molecule has 0 aliphatic carbocycles. The van der Waals surface area contributed by atoms with E-state index in [1.165, 1.54) is 6.20 Å². The van der Waals surface area contributed by atoms with Crippen molar-refractivity contribution in [2.45, 2.75) is 32.7 Å². The number of benzene rings is 1. The number of ether oxygens (including phenoxy) is 2. The van der Waals surface area contributed by atoms with E-state index in [1.807, 2.05) is 18.2 Å². The number of hydrogen-bond donors (Lipinski definition) is 1. The molecule has 1 saturated heterocycles. The summed E-state index contributed by atoms with van der Waals surface area (Å²) < 4.78 is 11.7. The quantitative estimate of drug-likeness (QED) is 0.842. The van der Waals surface area contributed by atoms with Crippen molar-refractivity contribution in [1.29, 1.82) is 0 Å². The molecule has 4 rings (SSSR count). The van der Waals surface area contributed by atoms with Crippen LogP contribution in [-0.2, 0) is 11.2 Å². The molecule has 1 aromatic carbocycles. The maximum absolute atomic E-state index is 12.4. The Bertz CT molecular complexity index is 908. The van der Waals surface area contributed by atoms with Crippen LogP contribution >= 0.6 is 0 Å². The predicted octanol–water partition coefficient (Wildman–Crippen LogP) is 3.28. The van der Waals surface area contributed by atoms with Crippen molar-refractivity contribution in [1.82, 2.24) is 10.3 Å². The smallest absolute Gasteiger partial charge is 0.329 e. The highest BCUT2D eigenvalue weighted by Crippen LogP contribution is 2.36. The Morgan fingerprint density at radius 1 is 1.26 bits per heavy atom. The molecular weight excluding hydrogens is 346 g/mol. The average Bonchev–Trinajstić information content (AvgIpc) is 2.83. The number of urea groups is 1. The summed E-state index contributed by atoms with van der Waals surface area (Å²) in [6.45, 7) is 6.16. The van der Waals surface area contributed by atoms with E-state index in [0.717, 1.165) is 22.6 Å². The monoisotopic (exact) mass is 367 g/mol. The summed E-state index contributed by atoms with van der Waals surface area (Å²) >= 11 is 0. The van der Waals surface area contributed by atoms with Gasteiger partial charge in [0, 0.05) is 11.6 Å². The fourth-order valence-corrected chi connectivity index (χ4v) is 3.28. The summed E-state index contributed by atoms with van der Waals surface area (Å²) in [6, 6.07) is 8.54. The first-order valence-electron chi connectivity index (χ1n) is 8.90. The molecular formula is C20H21N3O4. The zero-order valence-corrected chi connectivity index (χ0v) is 15.5. The van der Waals surface area contributed by atoms with Gasteiger partial charge >= 0.3 is 6.03 Å². The molecule has 7 nitrogen and oxygen atoms in total. The Kier molecular flexibility index (Phi) is 4.02. The van der Waals surface area contributed by atoms with Gasteiger partial charge in [0.05, 0.1) is 18.5 Å². The molecule has 1 atom stereocenters. The first-order chi connectivity index (χ1) is 12.8. The molecule has 1 aromatic heterocycles. The van der Waals surface area contributed by atoms with Crippen LogP contribution in [0.5, 0.6) is 17.4 Å². The van der Waals surface area contributed by atoms with Crippen molar-refractivity contribution in [2.75, 3.05) is 11.5 Å². The summed E-state index contributed by atoms with van der Waals surface area (Å²) in [5.74, 6) is 2.03. The Morgan fingerprint density at radius 3 is 2.74 bits per heavy atom. The van der Waals surface area contributed by atoms with Gasteiger partial charge in [0.2, 0.25) is 5.88 Å². The van der Waals surface area contributed by atoms with Crippen LogP contribution in [0.15, 0.2) is 36.5 Å². The van der Waals surface area contributed by atoms with Gasteiger partial charge in [-0.2, -0.15) is 0 Å². The second-order valence-corrected chi connectivity index (χ2v) is 7.51. The van der Waals surface area contributed by atoms with Gasteiger partial charge in [-0.05, 0) is 44.4 Å². The van der Waals surface area contributed by atoms with Gasteiger partial charge in [0.15, 0.2) is 0 Å². The normalized spacial score (nSPS) is 20.7. The summed E-state index contributed by atoms with van der Waals surface area (Å²) in [5.41, 5.74) is 0.506. The number of hydrogen-bond acceptors (Lipinski definition) is 5. The molecule has 3 amide bonds. The van der Waals surface area contributed by atoms with Crippen molar-refractivity contribution in [2.24, 2.45) is 5.92 Å². The van der Waals surface area contributed by atoms with E-state index >= 15 is 0 Å². The van der Waals surface area contributed by atoms with E-state index in [2.05, 4.69) is 17.2 Å². The molecule has 1 fully saturated rings. The molecule has 0 unspecified atom stereocenters. The van der Waals surface area contributed by atoms with Crippen LogP contribution < -0.4 is 19.7 Å². The number of nitrogens with zero attached hydrogens (tertiary/aromatic N) is 2. The van der Waals surface area contributed by atoms with E-state index in [0.29, 0.717) is 29.8 Å². The van der Waals surface area contributed by atoms with E-state index in [9.17, 15) is 9.59 Å². The Morgan fingerprint density at radius 2 is 2.07 bits per heavy atom. The summed E-state index contributed by atoms with van der Waals surface area (Å²) in [6.07, 6.45) is 2.34. The average molecular weight is 367 g/mol. The van der Waals surface area contributed by atoms with Crippen LogP contribution in [0, 0.1) is 5.92 Å². The number of fused-ring (bicyclic) bond motifs is 1. The molecule has 1 N–H and O–H groups in total. The number of carbonyl (C=O) groups excluding carboxylic acids is 2. The number of anilines is 1. The first-order valence-corrected chi connectivity index (χ1v) is 8.90. The third-order valence-electron chi connectivity index (χ3n) is 4.72. The number of pyridine rings is 1. The Hall–Kier alpha value is -3.09. The number of rotatable bonds is 3. The zero-order valence-electron chi connectivity index (χ0n) is 15.5. The fraction of sp³-hybridized carbons (Fsp3) is 0.350. The topological polar surface area (TPSA) is 80.8 Å². The first kappa shape index (κ1) is 17.3. The maximum atomic E-state index is 12.4. The third-order valence-corrected chi connectivity index (χ3v) is 4.72. The molecule has 2 aromatic rings. The van der Waals surface area contributed by atoms with Crippen LogP contribution in [0.1, 0.15) is 26.3 Å². The van der Waals surface area contributed by atoms with Gasteiger partial charge in [-0.3, -0.25) is 4.79 Å². The van der Waals surface area contributed by atoms with Crippen molar-refractivity contribution in [3.05, 3.63) is 42.1 Å². The van der Waals surface area contributed by atoms with Crippen molar-refractivity contribution in [3.8, 4) is 17.4 Å². The molecule has 27 heavy (non-hydrogen) atoms. The van der Waals surface area contributed by atoms with Crippen LogP contribution in [-0.4, -0.2) is 29.1 Å². The molecule has 0 saturated carbocycles. The lowest BCUT2D eigenvalue weighted by molar-refractivity contribution is -0.121. The Labute approximate surface area is 157 Å². The Balaban J connectivity index is 1.56. The van der Waals surface area contributed by atoms with Crippen molar-refractivity contribution in [3.63, 3.8) is 0 Å². The lowest BCUT2D eigenvalue weighted by Crippen LogP contribution is -2.40. The van der Waals surface area contributed by atoms with Crippen LogP contribution in [0.4, 0.5) is 10.5 Å². The van der Waals surface area contributed by atoms with Gasteiger partial charge in [-0.1, -0.05) is 13.0 Å². The molecule has 3 heterocycles. The fourth-order valence-electron chi connectivity index (χ4n) is 3.28. The summed E-state index contributed by atoms with van der Waals surface area (Å²) in [4.78, 5) is 29.8. The molecule has 0 bridgehead atoms. The zero-order chi connectivity index (χ0) is 19.2. The number of aromatic nitrogens is 1. The van der Waals surface area contributed by atoms with Gasteiger partial charge in [0.1, 0.15) is 17.0 Å². The van der Waals surface area contributed by atoms with Crippen LogP contribution in [0.3, 0.4) is 0 Å². The van der Waals surface area contributed by atoms with Crippen LogP contribution in [0.25, 0.3) is 0 Å². The standard InChI is InChI=1S/C20H21N3O4/c1-12-9-14-15(26-11-12)5-4-6-16(14)27-17-8-7-13(10-21-17)23-18(24)20(2,3)22-19(23)25/h4-8,10,12H,9,11H2,1-3H3,(H,22,25)/t12-/m1/s1. The van der Waals surface area contributed by atoms with E-state index in [1.54, 1.807) is 26.0 Å². The molecule has 140 valence electrons. The van der Waals surface area contributed by atoms with E-state index in [-0.39, 0.29) is 5.91 Å². The highest BCUT2D eigenvalue weighted by atomic mass is 16.5. The minimum absolute atomic E-state index is 0.314. The highest BCUT2D eigenvalue weighted by molar-refractivity contribution is 6.22. The minimum atomic E-state index is -0.925. The van der Waals surface area contributed by atoms with Gasteiger partial charge < -0.3 is 14.8 Å². The molecule has 2 aliphatic heterocycles. The molecule has 0 radical (unpaired) electrons. The van der Waals surface area contributed by atoms with Gasteiger partial charge in [-0.25, -0.2) is 14.7 Å². The SMILES string of the molecule is C[C@H]1COc2cccc(Oc3ccc(N4C(=O)NC(C)(C)C4=O)cn3)c2C1. The van der Waals surface area contributed by atoms with Gasteiger partial charge in [0.25, 0.3) is 5.91 Å². The largest absolute Gasteiger partial charge is 0.493 e. The maximum Gasteiger partial charge on any atom is 0.329 e. The third kappa shape index (κ3) is 3.09. The molecule has 2 aliphatic rings. The number of imide groups is 1. The lowest BCUT2D eigenvalue weighted by Gasteiger charge is -2.24. The van der Waals surface area contributed by atoms with E-state index in [4.69, 9.17) is 9.47 Å². The summed E-state index contributed by atoms with van der Waals surface area (Å²) in [7, 11) is 0. The number of nitrogens with one attached hydrogen (secondary N) is 1. The molecule has 7 heteroatoms. The second kappa shape index (κ2) is 6.26. The number of amides is 3. The number of carbonyl (C=O) groups is 2.